The minimum absolute atomic E-state index is 0.176. The second kappa shape index (κ2) is 7.32. The van der Waals surface area contributed by atoms with Crippen LogP contribution in [0.1, 0.15) is 19.4 Å². The SMILES string of the molecule is CCNC(=O)NC(=O)COc1cccc(CC)c1. The van der Waals surface area contributed by atoms with Gasteiger partial charge in [0.25, 0.3) is 5.91 Å². The number of aryl methyl sites for hydroxylation is 1. The lowest BCUT2D eigenvalue weighted by Crippen LogP contribution is -2.41. The van der Waals surface area contributed by atoms with E-state index < -0.39 is 11.9 Å². The molecule has 0 saturated heterocycles. The average Bonchev–Trinajstić information content (AvgIpc) is 2.37. The van der Waals surface area contributed by atoms with Crippen LogP contribution in [0.5, 0.6) is 5.75 Å². The number of carbonyl (C=O) groups is 2. The van der Waals surface area contributed by atoms with Crippen molar-refractivity contribution in [2.75, 3.05) is 13.2 Å². The minimum Gasteiger partial charge on any atom is -0.484 e. The van der Waals surface area contributed by atoms with Gasteiger partial charge in [-0.3, -0.25) is 10.1 Å². The Morgan fingerprint density at radius 3 is 2.72 bits per heavy atom. The van der Waals surface area contributed by atoms with Crippen LogP contribution in [-0.2, 0) is 11.2 Å². The summed E-state index contributed by atoms with van der Waals surface area (Å²) < 4.78 is 5.30. The second-order valence-corrected chi connectivity index (χ2v) is 3.70. The van der Waals surface area contributed by atoms with Gasteiger partial charge in [-0.15, -0.1) is 0 Å². The molecule has 0 fully saturated rings. The molecule has 0 bridgehead atoms. The quantitative estimate of drug-likeness (QED) is 0.831. The predicted octanol–water partition coefficient (Wildman–Crippen LogP) is 1.47. The number of rotatable bonds is 5. The first-order valence-electron chi connectivity index (χ1n) is 5.95. The fourth-order valence-corrected chi connectivity index (χ4v) is 1.37. The maximum Gasteiger partial charge on any atom is 0.321 e. The minimum atomic E-state index is -0.506. The van der Waals surface area contributed by atoms with Crippen molar-refractivity contribution in [3.8, 4) is 5.75 Å². The Kier molecular flexibility index (Phi) is 5.70. The Hall–Kier alpha value is -2.04. The zero-order chi connectivity index (χ0) is 13.4. The lowest BCUT2D eigenvalue weighted by Gasteiger charge is -2.08. The number of urea groups is 1. The molecule has 2 N–H and O–H groups in total. The molecule has 1 aromatic rings. The van der Waals surface area contributed by atoms with Crippen LogP contribution in [0.4, 0.5) is 4.79 Å². The van der Waals surface area contributed by atoms with E-state index in [-0.39, 0.29) is 6.61 Å². The van der Waals surface area contributed by atoms with E-state index in [2.05, 4.69) is 10.6 Å². The van der Waals surface area contributed by atoms with Crippen molar-refractivity contribution in [2.45, 2.75) is 20.3 Å². The van der Waals surface area contributed by atoms with Gasteiger partial charge in [-0.05, 0) is 31.0 Å². The van der Waals surface area contributed by atoms with E-state index in [4.69, 9.17) is 4.74 Å². The number of benzene rings is 1. The number of carbonyl (C=O) groups excluding carboxylic acids is 2. The van der Waals surface area contributed by atoms with Gasteiger partial charge in [0.05, 0.1) is 0 Å². The van der Waals surface area contributed by atoms with Crippen molar-refractivity contribution in [3.05, 3.63) is 29.8 Å². The molecule has 0 spiro atoms. The number of ether oxygens (including phenoxy) is 1. The second-order valence-electron chi connectivity index (χ2n) is 3.70. The van der Waals surface area contributed by atoms with Crippen molar-refractivity contribution >= 4 is 11.9 Å². The van der Waals surface area contributed by atoms with Crippen LogP contribution in [0.3, 0.4) is 0 Å². The summed E-state index contributed by atoms with van der Waals surface area (Å²) in [5.74, 6) is 0.156. The third kappa shape index (κ3) is 4.86. The van der Waals surface area contributed by atoms with E-state index in [1.807, 2.05) is 25.1 Å². The summed E-state index contributed by atoms with van der Waals surface area (Å²) in [7, 11) is 0. The Labute approximate surface area is 107 Å². The largest absolute Gasteiger partial charge is 0.484 e. The Bertz CT molecular complexity index is 418. The van der Waals surface area contributed by atoms with E-state index >= 15 is 0 Å². The van der Waals surface area contributed by atoms with Crippen molar-refractivity contribution in [1.82, 2.24) is 10.6 Å². The van der Waals surface area contributed by atoms with Crippen LogP contribution in [0.2, 0.25) is 0 Å². The highest BCUT2D eigenvalue weighted by molar-refractivity contribution is 5.94. The first kappa shape index (κ1) is 14.0. The average molecular weight is 250 g/mol. The molecule has 18 heavy (non-hydrogen) atoms. The van der Waals surface area contributed by atoms with Crippen LogP contribution in [-0.4, -0.2) is 25.1 Å². The fourth-order valence-electron chi connectivity index (χ4n) is 1.37. The van der Waals surface area contributed by atoms with Gasteiger partial charge in [-0.1, -0.05) is 19.1 Å². The molecule has 5 nitrogen and oxygen atoms in total. The van der Waals surface area contributed by atoms with Gasteiger partial charge in [-0.2, -0.15) is 0 Å². The van der Waals surface area contributed by atoms with Gasteiger partial charge in [0.1, 0.15) is 5.75 Å². The molecule has 98 valence electrons. The van der Waals surface area contributed by atoms with Crippen LogP contribution < -0.4 is 15.4 Å². The monoisotopic (exact) mass is 250 g/mol. The highest BCUT2D eigenvalue weighted by atomic mass is 16.5. The molecule has 1 rings (SSSR count). The first-order valence-corrected chi connectivity index (χ1v) is 5.95. The molecule has 5 heteroatoms. The molecule has 0 heterocycles. The van der Waals surface area contributed by atoms with Crippen LogP contribution in [0, 0.1) is 0 Å². The lowest BCUT2D eigenvalue weighted by molar-refractivity contribution is -0.122. The first-order chi connectivity index (χ1) is 8.65. The molecule has 0 aromatic heterocycles. The molecular weight excluding hydrogens is 232 g/mol. The van der Waals surface area contributed by atoms with Gasteiger partial charge in [0, 0.05) is 6.54 Å². The van der Waals surface area contributed by atoms with Crippen molar-refractivity contribution < 1.29 is 14.3 Å². The molecule has 0 atom stereocenters. The number of amides is 3. The number of nitrogens with one attached hydrogen (secondary N) is 2. The standard InChI is InChI=1S/C13H18N2O3/c1-3-10-6-5-7-11(8-10)18-9-12(16)15-13(17)14-4-2/h5-8H,3-4,9H2,1-2H3,(H2,14,15,16,17). The maximum atomic E-state index is 11.4. The van der Waals surface area contributed by atoms with E-state index in [0.29, 0.717) is 12.3 Å². The predicted molar refractivity (Wildman–Crippen MR) is 68.5 cm³/mol. The van der Waals surface area contributed by atoms with E-state index in [1.165, 1.54) is 0 Å². The van der Waals surface area contributed by atoms with E-state index in [0.717, 1.165) is 12.0 Å². The molecule has 0 aliphatic carbocycles. The molecule has 0 radical (unpaired) electrons. The van der Waals surface area contributed by atoms with Gasteiger partial charge in [0.2, 0.25) is 0 Å². The molecule has 0 unspecified atom stereocenters. The van der Waals surface area contributed by atoms with Gasteiger partial charge < -0.3 is 10.1 Å². The normalized spacial score (nSPS) is 9.67. The van der Waals surface area contributed by atoms with E-state index in [1.54, 1.807) is 13.0 Å². The van der Waals surface area contributed by atoms with Crippen LogP contribution in [0.15, 0.2) is 24.3 Å². The van der Waals surface area contributed by atoms with Crippen LogP contribution in [0.25, 0.3) is 0 Å². The third-order valence-corrected chi connectivity index (χ3v) is 2.27. The summed E-state index contributed by atoms with van der Waals surface area (Å²) in [5.41, 5.74) is 1.14. The van der Waals surface area contributed by atoms with Crippen LogP contribution >= 0.6 is 0 Å². The van der Waals surface area contributed by atoms with Gasteiger partial charge in [-0.25, -0.2) is 4.79 Å². The molecular formula is C13H18N2O3. The van der Waals surface area contributed by atoms with Crippen molar-refractivity contribution in [3.63, 3.8) is 0 Å². The molecule has 1 aromatic carbocycles. The fraction of sp³-hybridized carbons (Fsp3) is 0.385. The number of hydrogen-bond acceptors (Lipinski definition) is 3. The van der Waals surface area contributed by atoms with E-state index in [9.17, 15) is 9.59 Å². The Morgan fingerprint density at radius 2 is 2.06 bits per heavy atom. The smallest absolute Gasteiger partial charge is 0.321 e. The molecule has 3 amide bonds. The molecule has 0 saturated carbocycles. The Morgan fingerprint density at radius 1 is 1.28 bits per heavy atom. The molecule has 0 aliphatic heterocycles. The zero-order valence-electron chi connectivity index (χ0n) is 10.7. The van der Waals surface area contributed by atoms with Gasteiger partial charge in [0.15, 0.2) is 6.61 Å². The number of imide groups is 1. The van der Waals surface area contributed by atoms with Crippen molar-refractivity contribution in [2.24, 2.45) is 0 Å². The zero-order valence-corrected chi connectivity index (χ0v) is 10.7. The Balaban J connectivity index is 2.40. The summed E-state index contributed by atoms with van der Waals surface area (Å²) in [4.78, 5) is 22.4. The molecule has 0 aliphatic rings. The summed E-state index contributed by atoms with van der Waals surface area (Å²) in [6, 6.07) is 7.00. The van der Waals surface area contributed by atoms with Crippen molar-refractivity contribution in [1.29, 1.82) is 0 Å². The third-order valence-electron chi connectivity index (χ3n) is 2.27. The summed E-state index contributed by atoms with van der Waals surface area (Å²) >= 11 is 0. The lowest BCUT2D eigenvalue weighted by atomic mass is 10.2. The summed E-state index contributed by atoms with van der Waals surface area (Å²) in [6.45, 7) is 4.11. The number of hydrogen-bond donors (Lipinski definition) is 2. The maximum absolute atomic E-state index is 11.4. The highest BCUT2D eigenvalue weighted by Gasteiger charge is 2.07. The highest BCUT2D eigenvalue weighted by Crippen LogP contribution is 2.13. The van der Waals surface area contributed by atoms with Gasteiger partial charge >= 0.3 is 6.03 Å². The summed E-state index contributed by atoms with van der Waals surface area (Å²) in [6.07, 6.45) is 0.905. The topological polar surface area (TPSA) is 67.4 Å². The summed E-state index contributed by atoms with van der Waals surface area (Å²) in [5, 5.41) is 4.63.